The molecule has 1 atom stereocenters. The molecule has 0 aliphatic heterocycles. The molecule has 0 unspecified atom stereocenters. The molecule has 7 heteroatoms. The first kappa shape index (κ1) is 12.3. The summed E-state index contributed by atoms with van der Waals surface area (Å²) < 4.78 is 30.0. The second-order valence-electron chi connectivity index (χ2n) is 2.41. The fourth-order valence-electron chi connectivity index (χ4n) is 0.568. The number of hydrogen-bond donors (Lipinski definition) is 1. The number of carbonyl (C=O) groups is 1. The Morgan fingerprint density at radius 1 is 1.54 bits per heavy atom. The minimum absolute atomic E-state index is 0.279. The zero-order valence-corrected chi connectivity index (χ0v) is 8.20. The summed E-state index contributed by atoms with van der Waals surface area (Å²) in [6, 6.07) is 0. The molecule has 0 radical (unpaired) electrons. The monoisotopic (exact) mass is 212 g/mol. The van der Waals surface area contributed by atoms with Gasteiger partial charge in [-0.2, -0.15) is 8.42 Å². The Bertz CT molecular complexity index is 256. The minimum atomic E-state index is -3.63. The quantitative estimate of drug-likeness (QED) is 0.459. The van der Waals surface area contributed by atoms with Gasteiger partial charge in [-0.25, -0.2) is 0 Å². The SMILES string of the molecule is CC(=O)OC[C@H](CO)OS(C)(=O)=O. The van der Waals surface area contributed by atoms with Crippen LogP contribution in [0, 0.1) is 0 Å². The van der Waals surface area contributed by atoms with Crippen LogP contribution in [0.15, 0.2) is 0 Å². The molecule has 1 N–H and O–H groups in total. The Balaban J connectivity index is 3.98. The Labute approximate surface area is 76.6 Å². The summed E-state index contributed by atoms with van der Waals surface area (Å²) in [5.41, 5.74) is 0. The molecule has 0 rings (SSSR count). The number of ether oxygens (including phenoxy) is 1. The zero-order chi connectivity index (χ0) is 10.5. The van der Waals surface area contributed by atoms with Crippen molar-refractivity contribution in [1.82, 2.24) is 0 Å². The van der Waals surface area contributed by atoms with Crippen LogP contribution in [0.1, 0.15) is 6.92 Å². The van der Waals surface area contributed by atoms with Gasteiger partial charge >= 0.3 is 5.97 Å². The van der Waals surface area contributed by atoms with Gasteiger partial charge in [0.1, 0.15) is 12.7 Å². The maximum absolute atomic E-state index is 10.6. The standard InChI is InChI=1S/C6H12O6S/c1-5(8)11-4-6(3-7)12-13(2,9)10/h6-7H,3-4H2,1-2H3/t6-/m0/s1. The van der Waals surface area contributed by atoms with Crippen molar-refractivity contribution in [2.24, 2.45) is 0 Å². The van der Waals surface area contributed by atoms with E-state index in [4.69, 9.17) is 5.11 Å². The summed E-state index contributed by atoms with van der Waals surface area (Å²) in [7, 11) is -3.63. The maximum atomic E-state index is 10.6. The van der Waals surface area contributed by atoms with Crippen LogP contribution in [0.3, 0.4) is 0 Å². The van der Waals surface area contributed by atoms with Crippen LogP contribution < -0.4 is 0 Å². The lowest BCUT2D eigenvalue weighted by Gasteiger charge is -2.12. The molecule has 78 valence electrons. The van der Waals surface area contributed by atoms with E-state index in [1.807, 2.05) is 0 Å². The van der Waals surface area contributed by atoms with E-state index in [0.29, 0.717) is 0 Å². The van der Waals surface area contributed by atoms with Gasteiger partial charge in [0.2, 0.25) is 0 Å². The number of carbonyl (C=O) groups excluding carboxylic acids is 1. The Hall–Kier alpha value is -0.660. The van der Waals surface area contributed by atoms with Gasteiger partial charge in [-0.05, 0) is 0 Å². The number of hydrogen-bond acceptors (Lipinski definition) is 6. The van der Waals surface area contributed by atoms with Gasteiger partial charge in [0.25, 0.3) is 10.1 Å². The highest BCUT2D eigenvalue weighted by Gasteiger charge is 2.15. The smallest absolute Gasteiger partial charge is 0.302 e. The van der Waals surface area contributed by atoms with Gasteiger partial charge in [0.15, 0.2) is 0 Å². The molecule has 0 saturated heterocycles. The molecule has 0 bridgehead atoms. The molecule has 6 nitrogen and oxygen atoms in total. The summed E-state index contributed by atoms with van der Waals surface area (Å²) in [6.07, 6.45) is -0.178. The van der Waals surface area contributed by atoms with Crippen LogP contribution >= 0.6 is 0 Å². The van der Waals surface area contributed by atoms with Crippen molar-refractivity contribution in [3.05, 3.63) is 0 Å². The Morgan fingerprint density at radius 3 is 2.38 bits per heavy atom. The van der Waals surface area contributed by atoms with Crippen molar-refractivity contribution >= 4 is 16.1 Å². The van der Waals surface area contributed by atoms with Gasteiger partial charge in [-0.1, -0.05) is 0 Å². The van der Waals surface area contributed by atoms with Gasteiger partial charge in [0.05, 0.1) is 12.9 Å². The number of esters is 1. The predicted octanol–water partition coefficient (Wildman–Crippen LogP) is -1.11. The molecule has 0 heterocycles. The second kappa shape index (κ2) is 5.15. The van der Waals surface area contributed by atoms with Gasteiger partial charge < -0.3 is 9.84 Å². The molecule has 0 saturated carbocycles. The van der Waals surface area contributed by atoms with Crippen LogP contribution in [0.2, 0.25) is 0 Å². The topological polar surface area (TPSA) is 89.9 Å². The van der Waals surface area contributed by atoms with Gasteiger partial charge in [-0.3, -0.25) is 8.98 Å². The molecule has 0 aromatic heterocycles. The van der Waals surface area contributed by atoms with Crippen LogP contribution in [-0.2, 0) is 23.8 Å². The molecule has 0 spiro atoms. The first-order chi connectivity index (χ1) is 5.85. The number of rotatable bonds is 5. The van der Waals surface area contributed by atoms with Crippen molar-refractivity contribution in [2.75, 3.05) is 19.5 Å². The van der Waals surface area contributed by atoms with Crippen LogP contribution in [0.5, 0.6) is 0 Å². The highest BCUT2D eigenvalue weighted by molar-refractivity contribution is 7.86. The van der Waals surface area contributed by atoms with E-state index in [1.54, 1.807) is 0 Å². The fraction of sp³-hybridized carbons (Fsp3) is 0.833. The first-order valence-corrected chi connectivity index (χ1v) is 5.29. The van der Waals surface area contributed by atoms with Gasteiger partial charge in [-0.15, -0.1) is 0 Å². The summed E-state index contributed by atoms with van der Waals surface area (Å²) in [5.74, 6) is -0.560. The molecule has 0 aliphatic rings. The van der Waals surface area contributed by atoms with Crippen molar-refractivity contribution in [3.8, 4) is 0 Å². The van der Waals surface area contributed by atoms with Crippen molar-refractivity contribution in [2.45, 2.75) is 13.0 Å². The molecular formula is C6H12O6S. The van der Waals surface area contributed by atoms with Crippen LogP contribution in [0.25, 0.3) is 0 Å². The number of aliphatic hydroxyl groups excluding tert-OH is 1. The van der Waals surface area contributed by atoms with E-state index in [2.05, 4.69) is 8.92 Å². The van der Waals surface area contributed by atoms with Crippen molar-refractivity contribution in [3.63, 3.8) is 0 Å². The normalized spacial score (nSPS) is 13.8. The van der Waals surface area contributed by atoms with E-state index in [0.717, 1.165) is 6.26 Å². The average Bonchev–Trinajstić information content (AvgIpc) is 1.95. The molecule has 0 amide bonds. The predicted molar refractivity (Wildman–Crippen MR) is 43.4 cm³/mol. The zero-order valence-electron chi connectivity index (χ0n) is 7.39. The lowest BCUT2D eigenvalue weighted by Crippen LogP contribution is -2.27. The van der Waals surface area contributed by atoms with Crippen LogP contribution in [0.4, 0.5) is 0 Å². The van der Waals surface area contributed by atoms with Crippen molar-refractivity contribution in [1.29, 1.82) is 0 Å². The average molecular weight is 212 g/mol. The Morgan fingerprint density at radius 2 is 2.08 bits per heavy atom. The lowest BCUT2D eigenvalue weighted by atomic mass is 10.4. The van der Waals surface area contributed by atoms with Crippen molar-refractivity contribution < 1.29 is 27.2 Å². The number of aliphatic hydroxyl groups is 1. The molecule has 0 aromatic rings. The van der Waals surface area contributed by atoms with E-state index in [-0.39, 0.29) is 6.61 Å². The molecule has 0 fully saturated rings. The highest BCUT2D eigenvalue weighted by atomic mass is 32.2. The minimum Gasteiger partial charge on any atom is -0.463 e. The molecule has 0 aromatic carbocycles. The largest absolute Gasteiger partial charge is 0.463 e. The first-order valence-electron chi connectivity index (χ1n) is 3.47. The molecule has 13 heavy (non-hydrogen) atoms. The molecular weight excluding hydrogens is 200 g/mol. The summed E-state index contributed by atoms with van der Waals surface area (Å²) in [5, 5.41) is 8.62. The van der Waals surface area contributed by atoms with E-state index < -0.39 is 28.8 Å². The second-order valence-corrected chi connectivity index (χ2v) is 4.01. The van der Waals surface area contributed by atoms with E-state index in [1.165, 1.54) is 6.92 Å². The third-order valence-electron chi connectivity index (χ3n) is 0.987. The summed E-state index contributed by atoms with van der Waals surface area (Å²) in [6.45, 7) is 0.369. The van der Waals surface area contributed by atoms with E-state index >= 15 is 0 Å². The fourth-order valence-corrected chi connectivity index (χ4v) is 1.18. The summed E-state index contributed by atoms with van der Waals surface area (Å²) >= 11 is 0. The lowest BCUT2D eigenvalue weighted by molar-refractivity contribution is -0.143. The van der Waals surface area contributed by atoms with Gasteiger partial charge in [0, 0.05) is 6.92 Å². The highest BCUT2D eigenvalue weighted by Crippen LogP contribution is 1.98. The van der Waals surface area contributed by atoms with Crippen LogP contribution in [-0.4, -0.2) is 45.1 Å². The van der Waals surface area contributed by atoms with E-state index in [9.17, 15) is 13.2 Å². The third-order valence-corrected chi connectivity index (χ3v) is 1.61. The summed E-state index contributed by atoms with van der Waals surface area (Å²) in [4.78, 5) is 10.3. The Kier molecular flexibility index (Phi) is 4.89. The maximum Gasteiger partial charge on any atom is 0.302 e. The third kappa shape index (κ3) is 7.69. The molecule has 0 aliphatic carbocycles.